The fraction of sp³-hybridized carbons (Fsp3) is 0.182. The van der Waals surface area contributed by atoms with Gasteiger partial charge in [-0.25, -0.2) is 17.5 Å². The molecule has 0 radical (unpaired) electrons. The summed E-state index contributed by atoms with van der Waals surface area (Å²) in [5.74, 6) is -0.888. The number of benzene rings is 2. The minimum atomic E-state index is -3.81. The second-order valence-corrected chi connectivity index (χ2v) is 9.54. The third kappa shape index (κ3) is 4.74. The van der Waals surface area contributed by atoms with Crippen molar-refractivity contribution in [2.75, 3.05) is 26.2 Å². The number of carbonyl (C=O) groups is 1. The van der Waals surface area contributed by atoms with E-state index in [9.17, 15) is 17.6 Å². The third-order valence-electron chi connectivity index (χ3n) is 5.12. The van der Waals surface area contributed by atoms with Crippen LogP contribution in [-0.4, -0.2) is 59.5 Å². The van der Waals surface area contributed by atoms with E-state index in [4.69, 9.17) is 11.6 Å². The molecule has 10 heteroatoms. The van der Waals surface area contributed by atoms with Crippen LogP contribution in [0.15, 0.2) is 71.9 Å². The number of para-hydroxylation sites is 1. The first-order chi connectivity index (χ1) is 15.3. The summed E-state index contributed by atoms with van der Waals surface area (Å²) in [6.45, 7) is 0.785. The zero-order valence-electron chi connectivity index (χ0n) is 16.9. The first-order valence-electron chi connectivity index (χ1n) is 9.87. The molecule has 0 aliphatic carbocycles. The van der Waals surface area contributed by atoms with Gasteiger partial charge in [-0.1, -0.05) is 29.8 Å². The highest BCUT2D eigenvalue weighted by molar-refractivity contribution is 7.89. The van der Waals surface area contributed by atoms with Crippen molar-refractivity contribution in [1.29, 1.82) is 0 Å². The summed E-state index contributed by atoms with van der Waals surface area (Å²) >= 11 is 5.72. The molecule has 1 aliphatic rings. The van der Waals surface area contributed by atoms with Crippen LogP contribution in [0.1, 0.15) is 5.56 Å². The second kappa shape index (κ2) is 9.23. The molecule has 0 saturated carbocycles. The number of nitrogens with zero attached hydrogens (tertiary/aromatic N) is 4. The molecule has 1 aromatic heterocycles. The van der Waals surface area contributed by atoms with Crippen molar-refractivity contribution in [3.8, 4) is 5.69 Å². The van der Waals surface area contributed by atoms with E-state index in [1.54, 1.807) is 21.9 Å². The Hall–Kier alpha value is -3.01. The Bertz CT molecular complexity index is 1250. The van der Waals surface area contributed by atoms with Gasteiger partial charge in [0.1, 0.15) is 5.82 Å². The van der Waals surface area contributed by atoms with E-state index < -0.39 is 15.8 Å². The number of sulfonamides is 1. The molecule has 3 aromatic rings. The standard InChI is InChI=1S/C22H20ClFN4O3S/c23-20-14-19(7-8-21(20)24)32(30,31)27-12-10-26(11-13-27)22(29)9-6-17-15-25-28(16-17)18-4-2-1-3-5-18/h1-9,14-16H,10-13H2/b9-6+. The number of halogens is 2. The summed E-state index contributed by atoms with van der Waals surface area (Å²) in [6.07, 6.45) is 6.61. The van der Waals surface area contributed by atoms with Crippen LogP contribution in [-0.2, 0) is 14.8 Å². The van der Waals surface area contributed by atoms with Gasteiger partial charge in [0, 0.05) is 44.0 Å². The van der Waals surface area contributed by atoms with Gasteiger partial charge in [0.2, 0.25) is 15.9 Å². The number of aromatic nitrogens is 2. The number of carbonyl (C=O) groups excluding carboxylic acids is 1. The molecule has 0 N–H and O–H groups in total. The SMILES string of the molecule is O=C(/C=C/c1cnn(-c2ccccc2)c1)N1CCN(S(=O)(=O)c2ccc(F)c(Cl)c2)CC1. The van der Waals surface area contributed by atoms with Crippen LogP contribution in [0, 0.1) is 5.82 Å². The smallest absolute Gasteiger partial charge is 0.246 e. The van der Waals surface area contributed by atoms with E-state index in [2.05, 4.69) is 5.10 Å². The summed E-state index contributed by atoms with van der Waals surface area (Å²) in [7, 11) is -3.81. The van der Waals surface area contributed by atoms with Crippen molar-refractivity contribution in [3.05, 3.63) is 83.4 Å². The molecule has 32 heavy (non-hydrogen) atoms. The Morgan fingerprint density at radius 3 is 2.47 bits per heavy atom. The number of piperazine rings is 1. The Morgan fingerprint density at radius 2 is 1.78 bits per heavy atom. The van der Waals surface area contributed by atoms with Crippen molar-refractivity contribution in [2.24, 2.45) is 0 Å². The van der Waals surface area contributed by atoms with Crippen molar-refractivity contribution in [3.63, 3.8) is 0 Å². The third-order valence-corrected chi connectivity index (χ3v) is 7.31. The Labute approximate surface area is 190 Å². The lowest BCUT2D eigenvalue weighted by atomic mass is 10.3. The summed E-state index contributed by atoms with van der Waals surface area (Å²) in [6, 6.07) is 12.9. The van der Waals surface area contributed by atoms with Crippen molar-refractivity contribution in [1.82, 2.24) is 19.0 Å². The van der Waals surface area contributed by atoms with Gasteiger partial charge in [0.05, 0.1) is 21.8 Å². The molecular formula is C22H20ClFN4O3S. The quantitative estimate of drug-likeness (QED) is 0.532. The summed E-state index contributed by atoms with van der Waals surface area (Å²) in [5, 5.41) is 4.04. The maximum atomic E-state index is 13.4. The predicted octanol–water partition coefficient (Wildman–Crippen LogP) is 3.21. The molecule has 1 fully saturated rings. The number of hydrogen-bond donors (Lipinski definition) is 0. The van der Waals surface area contributed by atoms with Crippen LogP contribution >= 0.6 is 11.6 Å². The monoisotopic (exact) mass is 474 g/mol. The van der Waals surface area contributed by atoms with Gasteiger partial charge in [0.15, 0.2) is 0 Å². The van der Waals surface area contributed by atoms with E-state index in [0.717, 1.165) is 23.4 Å². The van der Waals surface area contributed by atoms with Crippen LogP contribution < -0.4 is 0 Å². The zero-order chi connectivity index (χ0) is 22.7. The minimum absolute atomic E-state index is 0.0704. The fourth-order valence-corrected chi connectivity index (χ4v) is 5.05. The number of hydrogen-bond acceptors (Lipinski definition) is 4. The summed E-state index contributed by atoms with van der Waals surface area (Å²) < 4.78 is 41.9. The maximum absolute atomic E-state index is 13.4. The number of amides is 1. The average Bonchev–Trinajstić information content (AvgIpc) is 3.29. The molecule has 7 nitrogen and oxygen atoms in total. The maximum Gasteiger partial charge on any atom is 0.246 e. The molecule has 0 spiro atoms. The van der Waals surface area contributed by atoms with Gasteiger partial charge in [-0.2, -0.15) is 9.40 Å². The molecule has 0 unspecified atom stereocenters. The van der Waals surface area contributed by atoms with E-state index in [-0.39, 0.29) is 42.0 Å². The summed E-state index contributed by atoms with van der Waals surface area (Å²) in [4.78, 5) is 14.1. The van der Waals surface area contributed by atoms with E-state index in [1.807, 2.05) is 36.5 Å². The molecule has 1 aliphatic heterocycles. The van der Waals surface area contributed by atoms with Crippen LogP contribution in [0.4, 0.5) is 4.39 Å². The van der Waals surface area contributed by atoms with Gasteiger partial charge in [-0.15, -0.1) is 0 Å². The second-order valence-electron chi connectivity index (χ2n) is 7.19. The molecule has 4 rings (SSSR count). The molecule has 2 heterocycles. The van der Waals surface area contributed by atoms with Crippen molar-refractivity contribution in [2.45, 2.75) is 4.90 Å². The Kier molecular flexibility index (Phi) is 6.40. The summed E-state index contributed by atoms with van der Waals surface area (Å²) in [5.41, 5.74) is 1.69. The van der Waals surface area contributed by atoms with Crippen LogP contribution in [0.5, 0.6) is 0 Å². The minimum Gasteiger partial charge on any atom is -0.337 e. The zero-order valence-corrected chi connectivity index (χ0v) is 18.5. The van der Waals surface area contributed by atoms with Gasteiger partial charge < -0.3 is 4.90 Å². The van der Waals surface area contributed by atoms with Crippen LogP contribution in [0.25, 0.3) is 11.8 Å². The first kappa shape index (κ1) is 22.2. The van der Waals surface area contributed by atoms with E-state index >= 15 is 0 Å². The Morgan fingerprint density at radius 1 is 1.06 bits per heavy atom. The lowest BCUT2D eigenvalue weighted by Crippen LogP contribution is -2.50. The fourth-order valence-electron chi connectivity index (χ4n) is 3.35. The first-order valence-corrected chi connectivity index (χ1v) is 11.7. The van der Waals surface area contributed by atoms with Gasteiger partial charge >= 0.3 is 0 Å². The van der Waals surface area contributed by atoms with E-state index in [0.29, 0.717) is 0 Å². The largest absolute Gasteiger partial charge is 0.337 e. The van der Waals surface area contributed by atoms with E-state index in [1.165, 1.54) is 16.4 Å². The molecule has 166 valence electrons. The predicted molar refractivity (Wildman–Crippen MR) is 119 cm³/mol. The highest BCUT2D eigenvalue weighted by Gasteiger charge is 2.30. The molecule has 1 saturated heterocycles. The molecule has 1 amide bonds. The van der Waals surface area contributed by atoms with Gasteiger partial charge in [-0.3, -0.25) is 4.79 Å². The average molecular weight is 475 g/mol. The topological polar surface area (TPSA) is 75.5 Å². The highest BCUT2D eigenvalue weighted by Crippen LogP contribution is 2.23. The van der Waals surface area contributed by atoms with Crippen molar-refractivity contribution < 1.29 is 17.6 Å². The van der Waals surface area contributed by atoms with Crippen molar-refractivity contribution >= 4 is 33.6 Å². The lowest BCUT2D eigenvalue weighted by Gasteiger charge is -2.33. The van der Waals surface area contributed by atoms with Crippen LogP contribution in [0.3, 0.4) is 0 Å². The molecule has 0 atom stereocenters. The normalized spacial score (nSPS) is 15.4. The van der Waals surface area contributed by atoms with Gasteiger partial charge in [0.25, 0.3) is 0 Å². The lowest BCUT2D eigenvalue weighted by molar-refractivity contribution is -0.127. The number of rotatable bonds is 5. The molecular weight excluding hydrogens is 455 g/mol. The van der Waals surface area contributed by atoms with Gasteiger partial charge in [-0.05, 0) is 36.4 Å². The molecule has 2 aromatic carbocycles. The Balaban J connectivity index is 1.36. The highest BCUT2D eigenvalue weighted by atomic mass is 35.5. The molecule has 0 bridgehead atoms. The van der Waals surface area contributed by atoms with Crippen LogP contribution in [0.2, 0.25) is 5.02 Å².